The van der Waals surface area contributed by atoms with Crippen LogP contribution >= 0.6 is 0 Å². The monoisotopic (exact) mass is 313 g/mol. The van der Waals surface area contributed by atoms with E-state index in [1.807, 2.05) is 49.4 Å². The van der Waals surface area contributed by atoms with Crippen molar-refractivity contribution in [3.63, 3.8) is 0 Å². The summed E-state index contributed by atoms with van der Waals surface area (Å²) in [5, 5.41) is 0. The number of sulfonamides is 1. The second kappa shape index (κ2) is 5.71. The first-order valence-electron chi connectivity index (χ1n) is 7.30. The maximum Gasteiger partial charge on any atom is 0.243 e. The zero-order valence-corrected chi connectivity index (χ0v) is 13.3. The van der Waals surface area contributed by atoms with Crippen molar-refractivity contribution in [1.29, 1.82) is 0 Å². The predicted octanol–water partition coefficient (Wildman–Crippen LogP) is 3.34. The summed E-state index contributed by atoms with van der Waals surface area (Å²) in [4.78, 5) is 0.344. The molecule has 2 aromatic carbocycles. The van der Waals surface area contributed by atoms with E-state index in [2.05, 4.69) is 6.58 Å². The molecular weight excluding hydrogens is 294 g/mol. The van der Waals surface area contributed by atoms with Gasteiger partial charge in [-0.05, 0) is 24.6 Å². The fraction of sp³-hybridized carbons (Fsp3) is 0.222. The Hall–Kier alpha value is -1.91. The lowest BCUT2D eigenvalue weighted by atomic mass is 9.85. The molecule has 0 bridgehead atoms. The Labute approximate surface area is 132 Å². The van der Waals surface area contributed by atoms with Crippen molar-refractivity contribution < 1.29 is 8.42 Å². The minimum Gasteiger partial charge on any atom is -0.207 e. The van der Waals surface area contributed by atoms with E-state index in [0.29, 0.717) is 11.4 Å². The molecular formula is C18H19NO2S. The fourth-order valence-electron chi connectivity index (χ4n) is 2.87. The number of nitrogens with zero attached hydrogens (tertiary/aromatic N) is 1. The Bertz CT molecular complexity index is 766. The van der Waals surface area contributed by atoms with Gasteiger partial charge in [0.05, 0.1) is 10.9 Å². The van der Waals surface area contributed by atoms with E-state index in [-0.39, 0.29) is 12.0 Å². The number of hydrogen-bond acceptors (Lipinski definition) is 2. The van der Waals surface area contributed by atoms with E-state index in [1.54, 1.807) is 18.2 Å². The summed E-state index contributed by atoms with van der Waals surface area (Å²) in [6.45, 7) is 6.26. The zero-order valence-electron chi connectivity index (χ0n) is 12.5. The summed E-state index contributed by atoms with van der Waals surface area (Å²) >= 11 is 0. The molecule has 1 aliphatic heterocycles. The maximum atomic E-state index is 12.8. The van der Waals surface area contributed by atoms with Crippen molar-refractivity contribution in [2.75, 3.05) is 6.54 Å². The van der Waals surface area contributed by atoms with Crippen molar-refractivity contribution in [2.24, 2.45) is 0 Å². The summed E-state index contributed by atoms with van der Waals surface area (Å²) in [5.74, 6) is 0.180. The van der Waals surface area contributed by atoms with Gasteiger partial charge in [-0.1, -0.05) is 54.1 Å². The van der Waals surface area contributed by atoms with Crippen LogP contribution in [0, 0.1) is 6.92 Å². The molecule has 3 nitrogen and oxygen atoms in total. The highest BCUT2D eigenvalue weighted by Gasteiger charge is 2.45. The van der Waals surface area contributed by atoms with Crippen LogP contribution in [0.4, 0.5) is 0 Å². The van der Waals surface area contributed by atoms with Crippen LogP contribution in [0.3, 0.4) is 0 Å². The molecule has 0 aromatic heterocycles. The van der Waals surface area contributed by atoms with Crippen LogP contribution in [0.5, 0.6) is 0 Å². The number of hydrogen-bond donors (Lipinski definition) is 0. The molecule has 1 aliphatic rings. The lowest BCUT2D eigenvalue weighted by Gasteiger charge is -2.45. The molecule has 2 atom stereocenters. The van der Waals surface area contributed by atoms with Gasteiger partial charge < -0.3 is 0 Å². The molecule has 2 aromatic rings. The first-order chi connectivity index (χ1) is 10.5. The number of rotatable bonds is 4. The van der Waals surface area contributed by atoms with Gasteiger partial charge in [0.1, 0.15) is 0 Å². The van der Waals surface area contributed by atoms with Gasteiger partial charge in [0.2, 0.25) is 10.0 Å². The third-order valence-electron chi connectivity index (χ3n) is 4.22. The van der Waals surface area contributed by atoms with Crippen LogP contribution in [0.25, 0.3) is 0 Å². The average Bonchev–Trinajstić information content (AvgIpc) is 2.48. The van der Waals surface area contributed by atoms with E-state index in [1.165, 1.54) is 4.31 Å². The van der Waals surface area contributed by atoms with Crippen LogP contribution in [-0.4, -0.2) is 25.3 Å². The SMILES string of the molecule is C=C[C@H]1[C@H](c2ccccc2)CN1S(=O)(=O)c1ccc(C)cc1. The van der Waals surface area contributed by atoms with E-state index in [0.717, 1.165) is 11.1 Å². The van der Waals surface area contributed by atoms with Gasteiger partial charge in [0, 0.05) is 12.5 Å². The van der Waals surface area contributed by atoms with E-state index in [4.69, 9.17) is 0 Å². The van der Waals surface area contributed by atoms with Crippen molar-refractivity contribution >= 4 is 10.0 Å². The van der Waals surface area contributed by atoms with Gasteiger partial charge in [-0.15, -0.1) is 6.58 Å². The largest absolute Gasteiger partial charge is 0.243 e. The first kappa shape index (κ1) is 15.0. The van der Waals surface area contributed by atoms with E-state index in [9.17, 15) is 8.42 Å². The van der Waals surface area contributed by atoms with Gasteiger partial charge in [0.25, 0.3) is 0 Å². The van der Waals surface area contributed by atoms with Crippen LogP contribution in [0.1, 0.15) is 17.0 Å². The molecule has 1 heterocycles. The van der Waals surface area contributed by atoms with Crippen molar-refractivity contribution in [1.82, 2.24) is 4.31 Å². The Morgan fingerprint density at radius 1 is 1.09 bits per heavy atom. The molecule has 0 amide bonds. The molecule has 0 saturated carbocycles. The number of benzene rings is 2. The van der Waals surface area contributed by atoms with Gasteiger partial charge in [0.15, 0.2) is 0 Å². The molecule has 1 saturated heterocycles. The molecule has 114 valence electrons. The highest BCUT2D eigenvalue weighted by atomic mass is 32.2. The van der Waals surface area contributed by atoms with Crippen molar-refractivity contribution in [3.8, 4) is 0 Å². The summed E-state index contributed by atoms with van der Waals surface area (Å²) in [5.41, 5.74) is 2.20. The van der Waals surface area contributed by atoms with E-state index >= 15 is 0 Å². The minimum atomic E-state index is -3.46. The molecule has 1 fully saturated rings. The highest BCUT2D eigenvalue weighted by Crippen LogP contribution is 2.38. The van der Waals surface area contributed by atoms with E-state index < -0.39 is 10.0 Å². The van der Waals surface area contributed by atoms with Crippen molar-refractivity contribution in [3.05, 3.63) is 78.4 Å². The first-order valence-corrected chi connectivity index (χ1v) is 8.74. The molecule has 0 aliphatic carbocycles. The molecule has 3 rings (SSSR count). The van der Waals surface area contributed by atoms with Crippen LogP contribution in [-0.2, 0) is 10.0 Å². The van der Waals surface area contributed by atoms with Crippen LogP contribution in [0.2, 0.25) is 0 Å². The molecule has 0 unspecified atom stereocenters. The molecule has 0 N–H and O–H groups in total. The Morgan fingerprint density at radius 3 is 2.32 bits per heavy atom. The highest BCUT2D eigenvalue weighted by molar-refractivity contribution is 7.89. The Kier molecular flexibility index (Phi) is 3.89. The fourth-order valence-corrected chi connectivity index (χ4v) is 4.54. The third kappa shape index (κ3) is 2.49. The third-order valence-corrected chi connectivity index (χ3v) is 6.10. The van der Waals surface area contributed by atoms with Gasteiger partial charge in [-0.3, -0.25) is 0 Å². The lowest BCUT2D eigenvalue weighted by Crippen LogP contribution is -2.55. The second-order valence-corrected chi connectivity index (χ2v) is 7.52. The zero-order chi connectivity index (χ0) is 15.7. The smallest absolute Gasteiger partial charge is 0.207 e. The normalized spacial score (nSPS) is 22.0. The summed E-state index contributed by atoms with van der Waals surface area (Å²) in [6, 6.07) is 16.8. The Balaban J connectivity index is 1.87. The van der Waals surface area contributed by atoms with Crippen LogP contribution < -0.4 is 0 Å². The molecule has 4 heteroatoms. The quantitative estimate of drug-likeness (QED) is 0.812. The average molecular weight is 313 g/mol. The minimum absolute atomic E-state index is 0.180. The topological polar surface area (TPSA) is 37.4 Å². The van der Waals surface area contributed by atoms with Crippen LogP contribution in [0.15, 0.2) is 72.1 Å². The summed E-state index contributed by atoms with van der Waals surface area (Å²) in [7, 11) is -3.46. The second-order valence-electron chi connectivity index (χ2n) is 5.63. The Morgan fingerprint density at radius 2 is 1.73 bits per heavy atom. The van der Waals surface area contributed by atoms with Gasteiger partial charge in [-0.25, -0.2) is 8.42 Å². The standard InChI is InChI=1S/C18H19NO2S/c1-3-18-17(15-7-5-4-6-8-15)13-19(18)22(20,21)16-11-9-14(2)10-12-16/h3-12,17-18H,1,13H2,2H3/t17-,18-/m0/s1. The predicted molar refractivity (Wildman–Crippen MR) is 88.2 cm³/mol. The number of aryl methyl sites for hydroxylation is 1. The molecule has 22 heavy (non-hydrogen) atoms. The van der Waals surface area contributed by atoms with Gasteiger partial charge in [-0.2, -0.15) is 4.31 Å². The van der Waals surface area contributed by atoms with Gasteiger partial charge >= 0.3 is 0 Å². The summed E-state index contributed by atoms with van der Waals surface area (Å²) in [6.07, 6.45) is 1.73. The maximum absolute atomic E-state index is 12.8. The molecule has 0 radical (unpaired) electrons. The van der Waals surface area contributed by atoms with Crippen molar-refractivity contribution in [2.45, 2.75) is 23.8 Å². The summed E-state index contributed by atoms with van der Waals surface area (Å²) < 4.78 is 27.0. The molecule has 0 spiro atoms. The lowest BCUT2D eigenvalue weighted by molar-refractivity contribution is 0.200.